The highest BCUT2D eigenvalue weighted by atomic mass is 35.5. The lowest BCUT2D eigenvalue weighted by molar-refractivity contribution is -0.152. The average Bonchev–Trinajstić information content (AvgIpc) is 3.21. The SMILES string of the molecule is Cc1nc(COC(=O)ON2CCc3ccccc3[C@H]2c2cc(Cl)ccc2OCC(=O)O)cs1. The van der Waals surface area contributed by atoms with Crippen LogP contribution in [0, 0.1) is 6.92 Å². The molecule has 10 heteroatoms. The first-order valence-electron chi connectivity index (χ1n) is 10.1. The molecule has 0 radical (unpaired) electrons. The van der Waals surface area contributed by atoms with Crippen molar-refractivity contribution in [2.75, 3.05) is 13.2 Å². The number of hydroxylamine groups is 2. The number of aryl methyl sites for hydroxylation is 1. The van der Waals surface area contributed by atoms with Crippen molar-refractivity contribution in [3.8, 4) is 5.75 Å². The standard InChI is InChI=1S/C23H21ClN2O6S/c1-14-25-17(13-33-14)11-31-23(29)32-26-9-8-15-4-2-3-5-18(15)22(26)19-10-16(24)6-7-20(19)30-12-21(27)28/h2-7,10,13,22H,8-9,11-12H2,1H3,(H,27,28)/t22-/m0/s1. The van der Waals surface area contributed by atoms with Crippen LogP contribution in [-0.2, 0) is 27.4 Å². The van der Waals surface area contributed by atoms with Gasteiger partial charge in [0.1, 0.15) is 12.4 Å². The predicted molar refractivity (Wildman–Crippen MR) is 121 cm³/mol. The van der Waals surface area contributed by atoms with Gasteiger partial charge >= 0.3 is 12.1 Å². The van der Waals surface area contributed by atoms with Gasteiger partial charge in [0.25, 0.3) is 0 Å². The maximum atomic E-state index is 12.5. The third kappa shape index (κ3) is 5.62. The number of rotatable bonds is 7. The van der Waals surface area contributed by atoms with E-state index in [0.29, 0.717) is 35.0 Å². The highest BCUT2D eigenvalue weighted by molar-refractivity contribution is 7.09. The minimum absolute atomic E-state index is 0.00239. The van der Waals surface area contributed by atoms with Crippen LogP contribution in [0.15, 0.2) is 47.8 Å². The zero-order valence-electron chi connectivity index (χ0n) is 17.7. The Bertz CT molecular complexity index is 1170. The molecule has 1 aromatic heterocycles. The van der Waals surface area contributed by atoms with E-state index in [-0.39, 0.29) is 6.61 Å². The molecule has 172 valence electrons. The molecule has 2 aromatic carbocycles. The quantitative estimate of drug-likeness (QED) is 0.474. The van der Waals surface area contributed by atoms with Crippen molar-refractivity contribution >= 4 is 35.1 Å². The first-order chi connectivity index (χ1) is 15.9. The number of aromatic nitrogens is 1. The molecule has 0 amide bonds. The molecule has 3 aromatic rings. The van der Waals surface area contributed by atoms with Gasteiger partial charge in [0.15, 0.2) is 6.61 Å². The second kappa shape index (κ2) is 10.2. The third-order valence-corrected chi connectivity index (χ3v) is 6.11. The highest BCUT2D eigenvalue weighted by Gasteiger charge is 2.34. The van der Waals surface area contributed by atoms with Gasteiger partial charge in [-0.3, -0.25) is 0 Å². The van der Waals surface area contributed by atoms with Crippen LogP contribution in [0.5, 0.6) is 5.75 Å². The van der Waals surface area contributed by atoms with Crippen molar-refractivity contribution in [3.63, 3.8) is 0 Å². The minimum atomic E-state index is -1.10. The Balaban J connectivity index is 1.61. The first-order valence-corrected chi connectivity index (χ1v) is 11.4. The minimum Gasteiger partial charge on any atom is -0.482 e. The van der Waals surface area contributed by atoms with Crippen LogP contribution < -0.4 is 4.74 Å². The Labute approximate surface area is 199 Å². The normalized spacial score (nSPS) is 15.5. The Morgan fingerprint density at radius 2 is 2.06 bits per heavy atom. The van der Waals surface area contributed by atoms with Crippen molar-refractivity contribution in [2.45, 2.75) is 26.0 Å². The van der Waals surface area contributed by atoms with Crippen LogP contribution in [0.25, 0.3) is 0 Å². The number of nitrogens with zero attached hydrogens (tertiary/aromatic N) is 2. The van der Waals surface area contributed by atoms with E-state index in [9.17, 15) is 9.59 Å². The number of benzene rings is 2. The highest BCUT2D eigenvalue weighted by Crippen LogP contribution is 2.40. The summed E-state index contributed by atoms with van der Waals surface area (Å²) in [6.45, 7) is 1.76. The van der Waals surface area contributed by atoms with Crippen LogP contribution in [0.2, 0.25) is 5.02 Å². The van der Waals surface area contributed by atoms with Gasteiger partial charge in [0, 0.05) is 22.5 Å². The van der Waals surface area contributed by atoms with E-state index in [1.165, 1.54) is 16.4 Å². The summed E-state index contributed by atoms with van der Waals surface area (Å²) >= 11 is 7.74. The first kappa shape index (κ1) is 23.0. The molecular weight excluding hydrogens is 468 g/mol. The molecule has 0 spiro atoms. The van der Waals surface area contributed by atoms with Crippen molar-refractivity contribution in [1.82, 2.24) is 10.0 Å². The number of carbonyl (C=O) groups excluding carboxylic acids is 1. The molecule has 0 saturated heterocycles. The lowest BCUT2D eigenvalue weighted by Crippen LogP contribution is -2.38. The molecular formula is C23H21ClN2O6S. The monoisotopic (exact) mass is 488 g/mol. The lowest BCUT2D eigenvalue weighted by Gasteiger charge is -2.36. The summed E-state index contributed by atoms with van der Waals surface area (Å²) in [5.74, 6) is -0.766. The Hall–Kier alpha value is -3.14. The Morgan fingerprint density at radius 3 is 2.82 bits per heavy atom. The molecule has 1 aliphatic heterocycles. The molecule has 4 rings (SSSR count). The van der Waals surface area contributed by atoms with Crippen molar-refractivity contribution in [2.24, 2.45) is 0 Å². The van der Waals surface area contributed by atoms with Crippen molar-refractivity contribution < 1.29 is 29.0 Å². The van der Waals surface area contributed by atoms with Gasteiger partial charge < -0.3 is 19.4 Å². The van der Waals surface area contributed by atoms with Gasteiger partial charge in [-0.1, -0.05) is 35.9 Å². The van der Waals surface area contributed by atoms with Crippen LogP contribution in [0.3, 0.4) is 0 Å². The number of fused-ring (bicyclic) bond motifs is 1. The van der Waals surface area contributed by atoms with E-state index < -0.39 is 24.8 Å². The fraction of sp³-hybridized carbons (Fsp3) is 0.261. The van der Waals surface area contributed by atoms with Crippen LogP contribution in [0.4, 0.5) is 4.79 Å². The van der Waals surface area contributed by atoms with E-state index in [1.807, 2.05) is 36.6 Å². The number of ether oxygens (including phenoxy) is 2. The summed E-state index contributed by atoms with van der Waals surface area (Å²) in [5.41, 5.74) is 3.21. The smallest absolute Gasteiger partial charge is 0.482 e. The fourth-order valence-electron chi connectivity index (χ4n) is 3.70. The number of carboxylic acid groups (broad SMARTS) is 1. The number of aliphatic carboxylic acids is 1. The third-order valence-electron chi connectivity index (χ3n) is 5.05. The maximum Gasteiger partial charge on any atom is 0.528 e. The summed E-state index contributed by atoms with van der Waals surface area (Å²) in [6.07, 6.45) is -0.211. The lowest BCUT2D eigenvalue weighted by atomic mass is 9.89. The molecule has 0 unspecified atom stereocenters. The topological polar surface area (TPSA) is 98.2 Å². The van der Waals surface area contributed by atoms with Gasteiger partial charge in [-0.2, -0.15) is 0 Å². The number of halogens is 1. The Morgan fingerprint density at radius 1 is 1.24 bits per heavy atom. The molecule has 33 heavy (non-hydrogen) atoms. The zero-order chi connectivity index (χ0) is 23.4. The number of carboxylic acids is 1. The Kier molecular flexibility index (Phi) is 7.12. The molecule has 2 heterocycles. The van der Waals surface area contributed by atoms with Crippen molar-refractivity contribution in [1.29, 1.82) is 0 Å². The molecule has 1 atom stereocenters. The second-order valence-corrected chi connectivity index (χ2v) is 8.84. The van der Waals surface area contributed by atoms with Gasteiger partial charge in [0.05, 0.1) is 16.7 Å². The van der Waals surface area contributed by atoms with Gasteiger partial charge in [-0.25, -0.2) is 14.6 Å². The van der Waals surface area contributed by atoms with E-state index in [1.54, 1.807) is 18.2 Å². The second-order valence-electron chi connectivity index (χ2n) is 7.34. The van der Waals surface area contributed by atoms with Gasteiger partial charge in [-0.15, -0.1) is 16.4 Å². The van der Waals surface area contributed by atoms with Crippen molar-refractivity contribution in [3.05, 3.63) is 80.3 Å². The maximum absolute atomic E-state index is 12.5. The summed E-state index contributed by atoms with van der Waals surface area (Å²) in [5, 5.41) is 13.7. The zero-order valence-corrected chi connectivity index (χ0v) is 19.3. The van der Waals surface area contributed by atoms with Gasteiger partial charge in [0.2, 0.25) is 0 Å². The van der Waals surface area contributed by atoms with E-state index in [2.05, 4.69) is 4.98 Å². The molecule has 0 bridgehead atoms. The summed E-state index contributed by atoms with van der Waals surface area (Å²) in [6, 6.07) is 12.1. The molecule has 0 fully saturated rings. The molecule has 8 nitrogen and oxygen atoms in total. The number of hydrogen-bond acceptors (Lipinski definition) is 8. The average molecular weight is 489 g/mol. The molecule has 0 saturated carbocycles. The van der Waals surface area contributed by atoms with Crippen LogP contribution in [0.1, 0.15) is 33.4 Å². The number of carbonyl (C=O) groups is 2. The number of hydrogen-bond donors (Lipinski definition) is 1. The molecule has 0 aliphatic carbocycles. The molecule has 1 aliphatic rings. The molecule has 1 N–H and O–H groups in total. The summed E-state index contributed by atoms with van der Waals surface area (Å²) in [7, 11) is 0. The largest absolute Gasteiger partial charge is 0.528 e. The van der Waals surface area contributed by atoms with Crippen LogP contribution >= 0.6 is 22.9 Å². The van der Waals surface area contributed by atoms with E-state index in [4.69, 9.17) is 31.0 Å². The fourth-order valence-corrected chi connectivity index (χ4v) is 4.48. The van der Waals surface area contributed by atoms with E-state index in [0.717, 1.165) is 16.1 Å². The summed E-state index contributed by atoms with van der Waals surface area (Å²) < 4.78 is 10.8. The number of thiazole rings is 1. The van der Waals surface area contributed by atoms with E-state index >= 15 is 0 Å². The predicted octanol–water partition coefficient (Wildman–Crippen LogP) is 4.78. The summed E-state index contributed by atoms with van der Waals surface area (Å²) in [4.78, 5) is 33.4. The van der Waals surface area contributed by atoms with Crippen LogP contribution in [-0.4, -0.2) is 40.4 Å². The van der Waals surface area contributed by atoms with Gasteiger partial charge in [-0.05, 0) is 42.7 Å².